The van der Waals surface area contributed by atoms with Gasteiger partial charge in [0.2, 0.25) is 5.91 Å². The zero-order chi connectivity index (χ0) is 16.9. The van der Waals surface area contributed by atoms with Crippen LogP contribution in [0.15, 0.2) is 43.0 Å². The fraction of sp³-hybridized carbons (Fsp3) is 0.421. The highest BCUT2D eigenvalue weighted by Crippen LogP contribution is 2.26. The van der Waals surface area contributed by atoms with Gasteiger partial charge in [-0.25, -0.2) is 9.97 Å². The lowest BCUT2D eigenvalue weighted by Crippen LogP contribution is -2.35. The molecule has 1 saturated carbocycles. The van der Waals surface area contributed by atoms with Crippen molar-refractivity contribution in [1.29, 1.82) is 0 Å². The summed E-state index contributed by atoms with van der Waals surface area (Å²) in [6.45, 7) is 2.00. The fourth-order valence-corrected chi connectivity index (χ4v) is 3.16. The number of amides is 1. The van der Waals surface area contributed by atoms with Crippen molar-refractivity contribution in [3.05, 3.63) is 48.5 Å². The van der Waals surface area contributed by atoms with E-state index < -0.39 is 0 Å². The third-order valence-corrected chi connectivity index (χ3v) is 4.73. The number of rotatable bonds is 4. The van der Waals surface area contributed by atoms with Gasteiger partial charge in [0.25, 0.3) is 0 Å². The molecule has 3 rings (SSSR count). The highest BCUT2D eigenvalue weighted by atomic mass is 16.3. The topological polar surface area (TPSA) is 75.1 Å². The maximum atomic E-state index is 12.4. The van der Waals surface area contributed by atoms with E-state index in [9.17, 15) is 9.90 Å². The highest BCUT2D eigenvalue weighted by molar-refractivity contribution is 5.79. The molecule has 24 heavy (non-hydrogen) atoms. The molecule has 126 valence electrons. The van der Waals surface area contributed by atoms with Gasteiger partial charge in [0, 0.05) is 23.9 Å². The maximum absolute atomic E-state index is 12.4. The van der Waals surface area contributed by atoms with Crippen LogP contribution in [0.2, 0.25) is 0 Å². The van der Waals surface area contributed by atoms with Crippen molar-refractivity contribution in [2.45, 2.75) is 44.8 Å². The number of aliphatic hydroxyl groups is 1. The number of hydrogen-bond acceptors (Lipinski definition) is 4. The summed E-state index contributed by atoms with van der Waals surface area (Å²) in [7, 11) is 0. The minimum Gasteiger partial charge on any atom is -0.393 e. The Kier molecular flexibility index (Phi) is 5.20. The normalized spacial score (nSPS) is 21.9. The molecule has 1 aliphatic rings. The Morgan fingerprint density at radius 2 is 1.71 bits per heavy atom. The minimum atomic E-state index is -0.235. The second-order valence-corrected chi connectivity index (χ2v) is 6.48. The van der Waals surface area contributed by atoms with Crippen LogP contribution in [0.5, 0.6) is 0 Å². The van der Waals surface area contributed by atoms with Crippen molar-refractivity contribution in [2.75, 3.05) is 0 Å². The van der Waals surface area contributed by atoms with Crippen LogP contribution in [-0.2, 0) is 4.79 Å². The molecule has 0 spiro atoms. The molecule has 5 nitrogen and oxygen atoms in total. The van der Waals surface area contributed by atoms with E-state index >= 15 is 0 Å². The van der Waals surface area contributed by atoms with Gasteiger partial charge in [-0.05, 0) is 43.7 Å². The average Bonchev–Trinajstić information content (AvgIpc) is 2.63. The summed E-state index contributed by atoms with van der Waals surface area (Å²) >= 11 is 0. The van der Waals surface area contributed by atoms with E-state index in [0.29, 0.717) is 0 Å². The molecule has 2 aromatic rings. The third-order valence-electron chi connectivity index (χ3n) is 4.73. The quantitative estimate of drug-likeness (QED) is 0.906. The molecule has 1 fully saturated rings. The second-order valence-electron chi connectivity index (χ2n) is 6.48. The van der Waals surface area contributed by atoms with Crippen molar-refractivity contribution >= 4 is 5.91 Å². The van der Waals surface area contributed by atoms with Crippen LogP contribution in [0.1, 0.15) is 44.2 Å². The summed E-state index contributed by atoms with van der Waals surface area (Å²) < 4.78 is 0. The summed E-state index contributed by atoms with van der Waals surface area (Å²) in [4.78, 5) is 20.4. The number of benzene rings is 1. The molecule has 1 atom stereocenters. The van der Waals surface area contributed by atoms with Gasteiger partial charge in [-0.1, -0.05) is 24.3 Å². The predicted octanol–water partition coefficient (Wildman–Crippen LogP) is 2.87. The third kappa shape index (κ3) is 3.97. The zero-order valence-corrected chi connectivity index (χ0v) is 13.9. The molecule has 1 amide bonds. The first-order valence-electron chi connectivity index (χ1n) is 8.47. The van der Waals surface area contributed by atoms with E-state index in [4.69, 9.17) is 0 Å². The van der Waals surface area contributed by atoms with Gasteiger partial charge in [0.1, 0.15) is 6.33 Å². The lowest BCUT2D eigenvalue weighted by Gasteiger charge is -2.26. The molecular formula is C19H23N3O2. The van der Waals surface area contributed by atoms with Gasteiger partial charge in [-0.15, -0.1) is 0 Å². The monoisotopic (exact) mass is 325 g/mol. The summed E-state index contributed by atoms with van der Waals surface area (Å²) in [5, 5.41) is 12.6. The minimum absolute atomic E-state index is 0.0246. The summed E-state index contributed by atoms with van der Waals surface area (Å²) in [6.07, 6.45) is 7.83. The zero-order valence-electron chi connectivity index (χ0n) is 13.9. The van der Waals surface area contributed by atoms with Gasteiger partial charge < -0.3 is 10.4 Å². The van der Waals surface area contributed by atoms with E-state index in [0.717, 1.165) is 42.4 Å². The number of carbonyl (C=O) groups is 1. The number of hydrogen-bond donors (Lipinski definition) is 2. The van der Waals surface area contributed by atoms with Crippen LogP contribution >= 0.6 is 0 Å². The highest BCUT2D eigenvalue weighted by Gasteiger charge is 2.26. The van der Waals surface area contributed by atoms with E-state index in [1.807, 2.05) is 31.2 Å². The Bertz CT molecular complexity index is 665. The predicted molar refractivity (Wildman–Crippen MR) is 92.0 cm³/mol. The average molecular weight is 325 g/mol. The van der Waals surface area contributed by atoms with Gasteiger partial charge in [-0.3, -0.25) is 4.79 Å². The largest absolute Gasteiger partial charge is 0.393 e. The Morgan fingerprint density at radius 3 is 2.33 bits per heavy atom. The maximum Gasteiger partial charge on any atom is 0.223 e. The lowest BCUT2D eigenvalue weighted by molar-refractivity contribution is -0.127. The number of nitrogens with zero attached hydrogens (tertiary/aromatic N) is 2. The second kappa shape index (κ2) is 7.53. The smallest absolute Gasteiger partial charge is 0.223 e. The van der Waals surface area contributed by atoms with Crippen LogP contribution < -0.4 is 5.32 Å². The van der Waals surface area contributed by atoms with Gasteiger partial charge in [-0.2, -0.15) is 0 Å². The molecule has 1 heterocycles. The lowest BCUT2D eigenvalue weighted by atomic mass is 9.86. The molecule has 1 aromatic carbocycles. The van der Waals surface area contributed by atoms with Crippen LogP contribution in [0, 0.1) is 5.92 Å². The Balaban J connectivity index is 1.61. The summed E-state index contributed by atoms with van der Waals surface area (Å²) in [5.74, 6) is 0.117. The number of carbonyl (C=O) groups excluding carboxylic acids is 1. The van der Waals surface area contributed by atoms with Crippen LogP contribution in [0.4, 0.5) is 0 Å². The molecule has 0 saturated heterocycles. The molecule has 0 radical (unpaired) electrons. The molecule has 5 heteroatoms. The Labute approximate surface area is 142 Å². The molecule has 0 aliphatic heterocycles. The number of aromatic nitrogens is 2. The van der Waals surface area contributed by atoms with E-state index in [1.54, 1.807) is 12.4 Å². The first-order chi connectivity index (χ1) is 11.6. The SMILES string of the molecule is CC(NC(=O)C1CCC(O)CC1)c1ccc(-c2cncnc2)cc1. The summed E-state index contributed by atoms with van der Waals surface area (Å²) in [6, 6.07) is 8.06. The number of nitrogens with one attached hydrogen (secondary N) is 1. The van der Waals surface area contributed by atoms with Crippen LogP contribution in [0.25, 0.3) is 11.1 Å². The Morgan fingerprint density at radius 1 is 1.08 bits per heavy atom. The molecule has 1 unspecified atom stereocenters. The van der Waals surface area contributed by atoms with Crippen LogP contribution in [0.3, 0.4) is 0 Å². The molecular weight excluding hydrogens is 302 g/mol. The van der Waals surface area contributed by atoms with Gasteiger partial charge in [0.15, 0.2) is 0 Å². The van der Waals surface area contributed by atoms with Crippen molar-refractivity contribution < 1.29 is 9.90 Å². The fourth-order valence-electron chi connectivity index (χ4n) is 3.16. The molecule has 1 aromatic heterocycles. The first kappa shape index (κ1) is 16.6. The van der Waals surface area contributed by atoms with Crippen molar-refractivity contribution in [2.24, 2.45) is 5.92 Å². The van der Waals surface area contributed by atoms with Crippen LogP contribution in [-0.4, -0.2) is 27.1 Å². The summed E-state index contributed by atoms with van der Waals surface area (Å²) in [5.41, 5.74) is 3.10. The standard InChI is InChI=1S/C19H23N3O2/c1-13(22-19(24)16-6-8-18(23)9-7-16)14-2-4-15(5-3-14)17-10-20-12-21-11-17/h2-5,10-13,16,18,23H,6-9H2,1H3,(H,22,24). The first-order valence-corrected chi connectivity index (χ1v) is 8.47. The van der Waals surface area contributed by atoms with Gasteiger partial charge in [0.05, 0.1) is 12.1 Å². The Hall–Kier alpha value is -2.27. The molecule has 0 bridgehead atoms. The van der Waals surface area contributed by atoms with Crippen molar-refractivity contribution in [3.8, 4) is 11.1 Å². The van der Waals surface area contributed by atoms with Crippen molar-refractivity contribution in [3.63, 3.8) is 0 Å². The van der Waals surface area contributed by atoms with E-state index in [2.05, 4.69) is 15.3 Å². The van der Waals surface area contributed by atoms with E-state index in [-0.39, 0.29) is 24.0 Å². The van der Waals surface area contributed by atoms with Crippen molar-refractivity contribution in [1.82, 2.24) is 15.3 Å². The molecule has 2 N–H and O–H groups in total. The molecule has 1 aliphatic carbocycles. The van der Waals surface area contributed by atoms with E-state index in [1.165, 1.54) is 6.33 Å². The van der Waals surface area contributed by atoms with Gasteiger partial charge >= 0.3 is 0 Å². The number of aliphatic hydroxyl groups excluding tert-OH is 1.